The molecule has 0 aromatic heterocycles. The van der Waals surface area contributed by atoms with Gasteiger partial charge in [-0.05, 0) is 12.8 Å². The van der Waals surface area contributed by atoms with Crippen molar-refractivity contribution in [3.63, 3.8) is 0 Å². The molecule has 9 heavy (non-hydrogen) atoms. The fourth-order valence-electron chi connectivity index (χ4n) is 1.42. The van der Waals surface area contributed by atoms with Crippen LogP contribution in [0.4, 0.5) is 0 Å². The molecule has 0 bridgehead atoms. The summed E-state index contributed by atoms with van der Waals surface area (Å²) in [5.41, 5.74) is 0. The van der Waals surface area contributed by atoms with E-state index in [0.29, 0.717) is 0 Å². The molecule has 0 saturated heterocycles. The van der Waals surface area contributed by atoms with Crippen molar-refractivity contribution in [2.75, 3.05) is 4.55 Å². The second-order valence-corrected chi connectivity index (χ2v) is 3.44. The molecule has 0 aliphatic heterocycles. The van der Waals surface area contributed by atoms with Crippen LogP contribution >= 0.6 is 22.6 Å². The van der Waals surface area contributed by atoms with Crippen LogP contribution in [0, 0.1) is 0 Å². The van der Waals surface area contributed by atoms with Crippen molar-refractivity contribution >= 4 is 22.6 Å². The Bertz CT molecular complexity index is 66.6. The van der Waals surface area contributed by atoms with Gasteiger partial charge in [-0.25, -0.2) is 0 Å². The third kappa shape index (κ3) is 2.85. The molecule has 2 heteroatoms. The van der Waals surface area contributed by atoms with Crippen LogP contribution in [0.15, 0.2) is 0 Å². The quantitative estimate of drug-likeness (QED) is 0.443. The summed E-state index contributed by atoms with van der Waals surface area (Å²) in [6.07, 6.45) is 7.15. The van der Waals surface area contributed by atoms with E-state index in [1.165, 1.54) is 32.1 Å². The molecule has 0 unspecified atom stereocenters. The summed E-state index contributed by atoms with van der Waals surface area (Å²) in [6, 6.07) is 0.843. The highest BCUT2D eigenvalue weighted by atomic mass is 127. The maximum atomic E-state index is 3.47. The fraction of sp³-hybridized carbons (Fsp3) is 1.00. The molecule has 1 fully saturated rings. The third-order valence-corrected chi connectivity index (χ3v) is 2.41. The molecule has 1 rings (SSSR count). The highest BCUT2D eigenvalue weighted by Crippen LogP contribution is 2.17. The highest BCUT2D eigenvalue weighted by molar-refractivity contribution is 14.1. The van der Waals surface area contributed by atoms with Gasteiger partial charge in [0.1, 0.15) is 0 Å². The van der Waals surface area contributed by atoms with Crippen LogP contribution in [0.1, 0.15) is 32.1 Å². The number of hydrogen-bond donors (Lipinski definition) is 1. The molecular formula is C7H14IN. The van der Waals surface area contributed by atoms with Crippen molar-refractivity contribution in [2.24, 2.45) is 0 Å². The first kappa shape index (κ1) is 7.79. The van der Waals surface area contributed by atoms with E-state index < -0.39 is 0 Å². The van der Waals surface area contributed by atoms with E-state index in [-0.39, 0.29) is 0 Å². The molecule has 1 nitrogen and oxygen atoms in total. The van der Waals surface area contributed by atoms with Gasteiger partial charge in [0, 0.05) is 10.6 Å². The minimum atomic E-state index is 0.843. The summed E-state index contributed by atoms with van der Waals surface area (Å²) in [5.74, 6) is 0. The lowest BCUT2D eigenvalue weighted by molar-refractivity contribution is 0.392. The maximum Gasteiger partial charge on any atom is 0.0482 e. The molecule has 0 radical (unpaired) electrons. The van der Waals surface area contributed by atoms with Crippen LogP contribution in [0.25, 0.3) is 0 Å². The second kappa shape index (κ2) is 4.50. The van der Waals surface area contributed by atoms with E-state index in [0.717, 1.165) is 10.6 Å². The molecule has 0 aromatic rings. The van der Waals surface area contributed by atoms with Crippen LogP contribution in [0.5, 0.6) is 0 Å². The van der Waals surface area contributed by atoms with Crippen molar-refractivity contribution in [3.05, 3.63) is 0 Å². The Balaban J connectivity index is 2.08. The molecule has 1 aliphatic rings. The predicted molar refractivity (Wildman–Crippen MR) is 48.9 cm³/mol. The molecule has 0 atom stereocenters. The average molecular weight is 239 g/mol. The van der Waals surface area contributed by atoms with E-state index >= 15 is 0 Å². The molecule has 0 spiro atoms. The largest absolute Gasteiger partial charge is 0.305 e. The smallest absolute Gasteiger partial charge is 0.0482 e. The Hall–Kier alpha value is 0.690. The first-order valence-electron chi connectivity index (χ1n) is 3.73. The number of nitrogens with one attached hydrogen (secondary N) is 1. The van der Waals surface area contributed by atoms with Crippen LogP contribution in [-0.2, 0) is 0 Å². The SMILES string of the molecule is ICNC1CCCCC1. The number of halogens is 1. The van der Waals surface area contributed by atoms with E-state index in [9.17, 15) is 0 Å². The maximum absolute atomic E-state index is 3.47. The minimum Gasteiger partial charge on any atom is -0.305 e. The summed E-state index contributed by atoms with van der Waals surface area (Å²) >= 11 is 2.38. The van der Waals surface area contributed by atoms with Crippen LogP contribution in [-0.4, -0.2) is 10.6 Å². The Morgan fingerprint density at radius 3 is 2.44 bits per heavy atom. The van der Waals surface area contributed by atoms with Gasteiger partial charge in [-0.2, -0.15) is 0 Å². The molecule has 1 N–H and O–H groups in total. The van der Waals surface area contributed by atoms with Crippen molar-refractivity contribution < 1.29 is 0 Å². The summed E-state index contributed by atoms with van der Waals surface area (Å²) in [5, 5.41) is 3.47. The van der Waals surface area contributed by atoms with E-state index in [2.05, 4.69) is 27.9 Å². The Morgan fingerprint density at radius 1 is 1.22 bits per heavy atom. The Labute approximate surface area is 70.7 Å². The summed E-state index contributed by atoms with van der Waals surface area (Å²) < 4.78 is 1.11. The van der Waals surface area contributed by atoms with Crippen molar-refractivity contribution in [2.45, 2.75) is 38.1 Å². The highest BCUT2D eigenvalue weighted by Gasteiger charge is 2.10. The molecule has 1 aliphatic carbocycles. The number of rotatable bonds is 2. The predicted octanol–water partition coefficient (Wildman–Crippen LogP) is 2.30. The second-order valence-electron chi connectivity index (χ2n) is 2.67. The monoisotopic (exact) mass is 239 g/mol. The Morgan fingerprint density at radius 2 is 1.89 bits per heavy atom. The number of alkyl halides is 1. The first-order valence-corrected chi connectivity index (χ1v) is 5.25. The van der Waals surface area contributed by atoms with Crippen molar-refractivity contribution in [1.29, 1.82) is 0 Å². The normalized spacial score (nSPS) is 22.3. The van der Waals surface area contributed by atoms with Gasteiger partial charge in [0.25, 0.3) is 0 Å². The van der Waals surface area contributed by atoms with Gasteiger partial charge in [0.05, 0.1) is 0 Å². The van der Waals surface area contributed by atoms with Gasteiger partial charge in [-0.1, -0.05) is 41.9 Å². The molecule has 0 amide bonds. The zero-order chi connectivity index (χ0) is 6.53. The molecular weight excluding hydrogens is 225 g/mol. The van der Waals surface area contributed by atoms with Gasteiger partial charge in [0.2, 0.25) is 0 Å². The van der Waals surface area contributed by atoms with E-state index in [4.69, 9.17) is 0 Å². The minimum absolute atomic E-state index is 0.843. The standard InChI is InChI=1S/C7H14IN/c8-6-9-7-4-2-1-3-5-7/h7,9H,1-6H2. The molecule has 0 heterocycles. The molecule has 0 aromatic carbocycles. The van der Waals surface area contributed by atoms with Gasteiger partial charge in [-0.3, -0.25) is 0 Å². The van der Waals surface area contributed by atoms with Gasteiger partial charge in [0.15, 0.2) is 0 Å². The summed E-state index contributed by atoms with van der Waals surface area (Å²) in [6.45, 7) is 0. The van der Waals surface area contributed by atoms with Crippen molar-refractivity contribution in [1.82, 2.24) is 5.32 Å². The lowest BCUT2D eigenvalue weighted by Crippen LogP contribution is -2.29. The van der Waals surface area contributed by atoms with E-state index in [1.807, 2.05) is 0 Å². The van der Waals surface area contributed by atoms with Crippen molar-refractivity contribution in [3.8, 4) is 0 Å². The Kier molecular flexibility index (Phi) is 3.89. The summed E-state index contributed by atoms with van der Waals surface area (Å²) in [4.78, 5) is 0. The van der Waals surface area contributed by atoms with Crippen LogP contribution in [0.3, 0.4) is 0 Å². The van der Waals surface area contributed by atoms with Gasteiger partial charge < -0.3 is 5.32 Å². The zero-order valence-electron chi connectivity index (χ0n) is 5.70. The summed E-state index contributed by atoms with van der Waals surface area (Å²) in [7, 11) is 0. The lowest BCUT2D eigenvalue weighted by atomic mass is 9.96. The molecule has 54 valence electrons. The fourth-order valence-corrected chi connectivity index (χ4v) is 2.04. The third-order valence-electron chi connectivity index (χ3n) is 1.97. The average Bonchev–Trinajstić information content (AvgIpc) is 1.91. The number of hydrogen-bond acceptors (Lipinski definition) is 1. The van der Waals surface area contributed by atoms with Gasteiger partial charge >= 0.3 is 0 Å². The van der Waals surface area contributed by atoms with Crippen LogP contribution in [0.2, 0.25) is 0 Å². The van der Waals surface area contributed by atoms with Gasteiger partial charge in [-0.15, -0.1) is 0 Å². The zero-order valence-corrected chi connectivity index (χ0v) is 7.86. The lowest BCUT2D eigenvalue weighted by Gasteiger charge is -2.21. The van der Waals surface area contributed by atoms with E-state index in [1.54, 1.807) is 0 Å². The topological polar surface area (TPSA) is 12.0 Å². The first-order chi connectivity index (χ1) is 4.43. The van der Waals surface area contributed by atoms with Crippen LogP contribution < -0.4 is 5.32 Å². The molecule has 1 saturated carbocycles.